The lowest BCUT2D eigenvalue weighted by molar-refractivity contribution is -0.163. The predicted molar refractivity (Wildman–Crippen MR) is 216 cm³/mol. The van der Waals surface area contributed by atoms with Gasteiger partial charge >= 0.3 is 5.97 Å². The molecule has 2 fully saturated rings. The third kappa shape index (κ3) is 15.2. The number of carbonyl (C=O) groups is 7. The van der Waals surface area contributed by atoms with Crippen LogP contribution in [0.4, 0.5) is 0 Å². The average Bonchev–Trinajstić information content (AvgIpc) is 3.19. The molecular formula is C42H71N7O8. The summed E-state index contributed by atoms with van der Waals surface area (Å²) < 4.78 is 5.58. The second-order valence-corrected chi connectivity index (χ2v) is 16.7. The van der Waals surface area contributed by atoms with Crippen LogP contribution in [0.5, 0.6) is 0 Å². The Labute approximate surface area is 340 Å². The van der Waals surface area contributed by atoms with Crippen LogP contribution in [0, 0.1) is 29.1 Å². The number of cyclic esters (lactones) is 1. The smallest absolute Gasteiger partial charge is 0.329 e. The Bertz CT molecular complexity index is 1410. The molecule has 2 rings (SSSR count). The van der Waals surface area contributed by atoms with E-state index in [0.717, 1.165) is 51.4 Å². The summed E-state index contributed by atoms with van der Waals surface area (Å²) >= 11 is 0. The van der Waals surface area contributed by atoms with E-state index in [2.05, 4.69) is 22.9 Å². The van der Waals surface area contributed by atoms with Crippen LogP contribution in [0.15, 0.2) is 0 Å². The quantitative estimate of drug-likeness (QED) is 0.232. The summed E-state index contributed by atoms with van der Waals surface area (Å²) in [7, 11) is 4.45. The molecule has 2 aliphatic rings. The number of carbonyl (C=O) groups excluding carboxylic acids is 7. The fourth-order valence-electron chi connectivity index (χ4n) is 7.69. The van der Waals surface area contributed by atoms with E-state index in [0.29, 0.717) is 12.8 Å². The fraction of sp³-hybridized carbons (Fsp3) is 0.810. The van der Waals surface area contributed by atoms with Crippen LogP contribution in [-0.2, 0) is 38.3 Å². The van der Waals surface area contributed by atoms with Gasteiger partial charge in [0.15, 0.2) is 6.10 Å². The monoisotopic (exact) mass is 802 g/mol. The molecule has 322 valence electrons. The van der Waals surface area contributed by atoms with Gasteiger partial charge in [-0.3, -0.25) is 28.8 Å². The Morgan fingerprint density at radius 2 is 1.39 bits per heavy atom. The molecule has 0 aromatic heterocycles. The number of unbranched alkanes of at least 4 members (excludes halogenated alkanes) is 1. The van der Waals surface area contributed by atoms with Crippen LogP contribution in [0.2, 0.25) is 0 Å². The van der Waals surface area contributed by atoms with Crippen molar-refractivity contribution >= 4 is 41.4 Å². The number of rotatable bonds is 13. The third-order valence-corrected chi connectivity index (χ3v) is 11.5. The Kier molecular flexibility index (Phi) is 21.1. The largest absolute Gasteiger partial charge is 0.451 e. The van der Waals surface area contributed by atoms with Crippen LogP contribution < -0.4 is 16.0 Å². The molecule has 1 aliphatic carbocycles. The topological polar surface area (TPSA) is 198 Å². The molecule has 1 heterocycles. The maximum atomic E-state index is 14.6. The number of amides is 6. The van der Waals surface area contributed by atoms with Crippen LogP contribution in [-0.4, -0.2) is 120 Å². The Morgan fingerprint density at radius 3 is 1.98 bits per heavy atom. The van der Waals surface area contributed by atoms with E-state index in [1.807, 2.05) is 33.8 Å². The average molecular weight is 802 g/mol. The number of ether oxygens (including phenoxy) is 1. The SMILES string of the molecule is CCCC[C@@H](C)C[C@@H]1NC(=O)[C@H](CC2CCCCC2)N(C)C(=O)[C@H](CCC)NC(=O)[C@H](CC(C)C)N(C)C(=O)CNC(=O)[C@@H](CCC#N)OC(=O)[C@H](C)N(C)C1=O. The molecule has 0 radical (unpaired) electrons. The van der Waals surface area contributed by atoms with Gasteiger partial charge in [-0.25, -0.2) is 4.79 Å². The van der Waals surface area contributed by atoms with E-state index in [-0.39, 0.29) is 49.9 Å². The molecule has 15 heteroatoms. The first kappa shape index (κ1) is 48.9. The molecule has 1 aliphatic heterocycles. The van der Waals surface area contributed by atoms with Crippen molar-refractivity contribution < 1.29 is 38.3 Å². The maximum absolute atomic E-state index is 14.6. The van der Waals surface area contributed by atoms with Crippen molar-refractivity contribution in [1.82, 2.24) is 30.7 Å². The Morgan fingerprint density at radius 1 is 0.772 bits per heavy atom. The molecule has 1 saturated carbocycles. The van der Waals surface area contributed by atoms with E-state index in [9.17, 15) is 38.8 Å². The number of hydrogen-bond acceptors (Lipinski definition) is 9. The minimum atomic E-state index is -1.44. The first-order chi connectivity index (χ1) is 27.0. The Hall–Kier alpha value is -4.22. The van der Waals surface area contributed by atoms with Gasteiger partial charge in [0, 0.05) is 34.0 Å². The summed E-state index contributed by atoms with van der Waals surface area (Å²) in [5, 5.41) is 17.6. The van der Waals surface area contributed by atoms with Crippen molar-refractivity contribution in [3.05, 3.63) is 0 Å². The lowest BCUT2D eigenvalue weighted by Crippen LogP contribution is -2.59. The molecule has 6 amide bonds. The van der Waals surface area contributed by atoms with Gasteiger partial charge in [-0.15, -0.1) is 0 Å². The normalized spacial score (nSPS) is 26.6. The minimum absolute atomic E-state index is 0.0260. The van der Waals surface area contributed by atoms with Gasteiger partial charge in [-0.1, -0.05) is 92.4 Å². The molecular weight excluding hydrogens is 731 g/mol. The molecule has 0 bridgehead atoms. The minimum Gasteiger partial charge on any atom is -0.451 e. The first-order valence-corrected chi connectivity index (χ1v) is 21.2. The van der Waals surface area contributed by atoms with Crippen LogP contribution in [0.1, 0.15) is 138 Å². The summed E-state index contributed by atoms with van der Waals surface area (Å²) in [5.41, 5.74) is 0. The van der Waals surface area contributed by atoms with E-state index in [1.165, 1.54) is 35.7 Å². The van der Waals surface area contributed by atoms with Gasteiger partial charge in [-0.2, -0.15) is 5.26 Å². The molecule has 3 N–H and O–H groups in total. The molecule has 1 saturated heterocycles. The third-order valence-electron chi connectivity index (χ3n) is 11.5. The zero-order valence-electron chi connectivity index (χ0n) is 36.1. The highest BCUT2D eigenvalue weighted by molar-refractivity contribution is 5.97. The van der Waals surface area contributed by atoms with Crippen molar-refractivity contribution in [2.24, 2.45) is 17.8 Å². The second kappa shape index (κ2) is 24.5. The van der Waals surface area contributed by atoms with Crippen LogP contribution >= 0.6 is 0 Å². The number of hydrogen-bond donors (Lipinski definition) is 3. The van der Waals surface area contributed by atoms with Crippen LogP contribution in [0.3, 0.4) is 0 Å². The lowest BCUT2D eigenvalue weighted by Gasteiger charge is -2.36. The molecule has 7 atom stereocenters. The fourth-order valence-corrected chi connectivity index (χ4v) is 7.69. The van der Waals surface area contributed by atoms with Gasteiger partial charge in [0.25, 0.3) is 5.91 Å². The second-order valence-electron chi connectivity index (χ2n) is 16.7. The summed E-state index contributed by atoms with van der Waals surface area (Å²) in [4.78, 5) is 102. The molecule has 0 spiro atoms. The van der Waals surface area contributed by atoms with E-state index < -0.39 is 84.3 Å². The van der Waals surface area contributed by atoms with Gasteiger partial charge in [0.1, 0.15) is 30.2 Å². The Balaban J connectivity index is 2.71. The predicted octanol–water partition coefficient (Wildman–Crippen LogP) is 3.84. The van der Waals surface area contributed by atoms with Crippen molar-refractivity contribution in [1.29, 1.82) is 5.26 Å². The standard InChI is InChI=1S/C42H71N7O8/c1-10-12-18-28(5)24-32-41(55)47(7)29(6)42(56)57-35(21-16-22-43)39(53)44-26-36(50)48(8)33(23-27(3)4)37(51)45-31(17-11-2)40(54)49(9)34(38(52)46-32)25-30-19-14-13-15-20-30/h27-35H,10-21,23-26H2,1-9H3,(H,44,53)(H,45,51)(H,46,52)/t28-,29+,31+,32+,33+,34+,35-/m1/s1. The van der Waals surface area contributed by atoms with Gasteiger partial charge in [-0.05, 0) is 50.4 Å². The van der Waals surface area contributed by atoms with Gasteiger partial charge < -0.3 is 35.4 Å². The number of esters is 1. The summed E-state index contributed by atoms with van der Waals surface area (Å²) in [6, 6.07) is -3.23. The summed E-state index contributed by atoms with van der Waals surface area (Å²) in [6.07, 6.45) is 7.66. The van der Waals surface area contributed by atoms with Crippen molar-refractivity contribution in [3.63, 3.8) is 0 Å². The zero-order valence-corrected chi connectivity index (χ0v) is 36.1. The lowest BCUT2D eigenvalue weighted by atomic mass is 9.84. The number of nitriles is 1. The maximum Gasteiger partial charge on any atom is 0.329 e. The zero-order chi connectivity index (χ0) is 42.8. The number of nitrogens with one attached hydrogen (secondary N) is 3. The highest BCUT2D eigenvalue weighted by Crippen LogP contribution is 2.29. The van der Waals surface area contributed by atoms with Crippen molar-refractivity contribution in [3.8, 4) is 6.07 Å². The van der Waals surface area contributed by atoms with E-state index >= 15 is 0 Å². The van der Waals surface area contributed by atoms with Crippen molar-refractivity contribution in [2.45, 2.75) is 174 Å². The number of nitrogens with zero attached hydrogens (tertiary/aromatic N) is 4. The highest BCUT2D eigenvalue weighted by Gasteiger charge is 2.39. The molecule has 0 aromatic rings. The van der Waals surface area contributed by atoms with Crippen LogP contribution in [0.25, 0.3) is 0 Å². The summed E-state index contributed by atoms with van der Waals surface area (Å²) in [5.74, 6) is -4.16. The van der Waals surface area contributed by atoms with E-state index in [1.54, 1.807) is 7.05 Å². The molecule has 57 heavy (non-hydrogen) atoms. The number of likely N-dealkylation sites (N-methyl/N-ethyl adjacent to an activating group) is 3. The molecule has 0 unspecified atom stereocenters. The molecule has 0 aromatic carbocycles. The first-order valence-electron chi connectivity index (χ1n) is 21.2. The highest BCUT2D eigenvalue weighted by atomic mass is 16.5. The molecule has 15 nitrogen and oxygen atoms in total. The van der Waals surface area contributed by atoms with E-state index in [4.69, 9.17) is 4.74 Å². The van der Waals surface area contributed by atoms with Gasteiger partial charge in [0.2, 0.25) is 29.5 Å². The van der Waals surface area contributed by atoms with Crippen molar-refractivity contribution in [2.75, 3.05) is 27.7 Å². The van der Waals surface area contributed by atoms with Gasteiger partial charge in [0.05, 0.1) is 12.6 Å². The summed E-state index contributed by atoms with van der Waals surface area (Å²) in [6.45, 7) is 10.7.